The van der Waals surface area contributed by atoms with Crippen LogP contribution in [-0.4, -0.2) is 38.4 Å². The molecule has 5 heteroatoms. The van der Waals surface area contributed by atoms with Crippen LogP contribution in [0.25, 0.3) is 0 Å². The number of hydrogen-bond donors (Lipinski definition) is 2. The Morgan fingerprint density at radius 2 is 1.85 bits per heavy atom. The maximum Gasteiger partial charge on any atom is 0.191 e. The minimum Gasteiger partial charge on any atom is -0.379 e. The molecule has 0 radical (unpaired) electrons. The zero-order chi connectivity index (χ0) is 18.5. The fourth-order valence-electron chi connectivity index (χ4n) is 3.20. The summed E-state index contributed by atoms with van der Waals surface area (Å²) >= 11 is 0. The zero-order valence-corrected chi connectivity index (χ0v) is 16.4. The third-order valence-electron chi connectivity index (χ3n) is 4.55. The molecule has 146 valence electrons. The van der Waals surface area contributed by atoms with Crippen LogP contribution in [0, 0.1) is 0 Å². The van der Waals surface area contributed by atoms with E-state index in [1.54, 1.807) is 0 Å². The first-order valence-corrected chi connectivity index (χ1v) is 10.1. The van der Waals surface area contributed by atoms with Crippen LogP contribution in [-0.2, 0) is 22.6 Å². The number of nitrogens with zero attached hydrogens (tertiary/aromatic N) is 1. The molecular weight excluding hydrogens is 326 g/mol. The molecule has 0 atom stereocenters. The number of benzene rings is 1. The van der Waals surface area contributed by atoms with E-state index in [4.69, 9.17) is 14.5 Å². The summed E-state index contributed by atoms with van der Waals surface area (Å²) in [5, 5.41) is 6.96. The van der Waals surface area contributed by atoms with Crippen molar-refractivity contribution in [3.63, 3.8) is 0 Å². The van der Waals surface area contributed by atoms with Crippen LogP contribution in [0.5, 0.6) is 0 Å². The highest BCUT2D eigenvalue weighted by Crippen LogP contribution is 2.17. The summed E-state index contributed by atoms with van der Waals surface area (Å²) < 4.78 is 10.9. The standard InChI is InChI=1S/C21H35N3O2/c1-3-22-21(24-20-11-6-5-7-12-20)23-16-18-9-8-10-19(15-18)17-26-14-13-25-4-2/h8-10,15,20H,3-7,11-14,16-17H2,1-2H3,(H2,22,23,24). The molecule has 1 aliphatic rings. The zero-order valence-electron chi connectivity index (χ0n) is 16.4. The van der Waals surface area contributed by atoms with Crippen LogP contribution in [0.1, 0.15) is 57.1 Å². The molecule has 2 N–H and O–H groups in total. The van der Waals surface area contributed by atoms with Gasteiger partial charge in [-0.15, -0.1) is 0 Å². The Labute approximate surface area is 158 Å². The highest BCUT2D eigenvalue weighted by Gasteiger charge is 2.14. The predicted molar refractivity (Wildman–Crippen MR) is 107 cm³/mol. The summed E-state index contributed by atoms with van der Waals surface area (Å²) in [7, 11) is 0. The Bertz CT molecular complexity index is 528. The fraction of sp³-hybridized carbons (Fsp3) is 0.667. The summed E-state index contributed by atoms with van der Waals surface area (Å²) in [5.41, 5.74) is 2.39. The smallest absolute Gasteiger partial charge is 0.191 e. The largest absolute Gasteiger partial charge is 0.379 e. The molecule has 2 rings (SSSR count). The first-order chi connectivity index (χ1) is 12.8. The van der Waals surface area contributed by atoms with Crippen molar-refractivity contribution in [3.8, 4) is 0 Å². The summed E-state index contributed by atoms with van der Waals surface area (Å²) in [6.45, 7) is 8.30. The third kappa shape index (κ3) is 8.19. The first kappa shape index (κ1) is 20.7. The van der Waals surface area contributed by atoms with Crippen LogP contribution in [0.2, 0.25) is 0 Å². The van der Waals surface area contributed by atoms with Gasteiger partial charge in [-0.25, -0.2) is 4.99 Å². The lowest BCUT2D eigenvalue weighted by Crippen LogP contribution is -2.44. The van der Waals surface area contributed by atoms with Crippen molar-refractivity contribution >= 4 is 5.96 Å². The number of guanidine groups is 1. The van der Waals surface area contributed by atoms with Crippen LogP contribution in [0.4, 0.5) is 0 Å². The number of nitrogens with one attached hydrogen (secondary N) is 2. The van der Waals surface area contributed by atoms with E-state index in [0.29, 0.717) is 32.4 Å². The Morgan fingerprint density at radius 3 is 2.62 bits per heavy atom. The van der Waals surface area contributed by atoms with Gasteiger partial charge < -0.3 is 20.1 Å². The summed E-state index contributed by atoms with van der Waals surface area (Å²) in [5.74, 6) is 0.928. The maximum absolute atomic E-state index is 5.66. The summed E-state index contributed by atoms with van der Waals surface area (Å²) in [6, 6.07) is 9.03. The number of aliphatic imine (C=N–C) groups is 1. The molecule has 26 heavy (non-hydrogen) atoms. The van der Waals surface area contributed by atoms with Crippen molar-refractivity contribution in [2.45, 2.75) is 65.1 Å². The monoisotopic (exact) mass is 361 g/mol. The van der Waals surface area contributed by atoms with Gasteiger partial charge in [-0.1, -0.05) is 43.5 Å². The second-order valence-electron chi connectivity index (χ2n) is 6.74. The molecule has 0 amide bonds. The minimum absolute atomic E-state index is 0.562. The molecule has 0 aliphatic heterocycles. The van der Waals surface area contributed by atoms with Gasteiger partial charge in [0.1, 0.15) is 0 Å². The van der Waals surface area contributed by atoms with Crippen molar-refractivity contribution in [1.29, 1.82) is 0 Å². The maximum atomic E-state index is 5.66. The van der Waals surface area contributed by atoms with E-state index >= 15 is 0 Å². The topological polar surface area (TPSA) is 54.9 Å². The Kier molecular flexibility index (Phi) is 10.1. The second-order valence-corrected chi connectivity index (χ2v) is 6.74. The highest BCUT2D eigenvalue weighted by molar-refractivity contribution is 5.80. The summed E-state index contributed by atoms with van der Waals surface area (Å²) in [4.78, 5) is 4.77. The molecule has 1 aliphatic carbocycles. The molecule has 1 aromatic rings. The normalized spacial score (nSPS) is 15.8. The van der Waals surface area contributed by atoms with Gasteiger partial charge in [0.2, 0.25) is 0 Å². The van der Waals surface area contributed by atoms with Gasteiger partial charge in [0.25, 0.3) is 0 Å². The molecule has 0 aromatic heterocycles. The van der Waals surface area contributed by atoms with Crippen LogP contribution >= 0.6 is 0 Å². The molecule has 1 aromatic carbocycles. The number of hydrogen-bond acceptors (Lipinski definition) is 3. The Hall–Kier alpha value is -1.59. The third-order valence-corrected chi connectivity index (χ3v) is 4.55. The minimum atomic E-state index is 0.562. The molecule has 1 saturated carbocycles. The van der Waals surface area contributed by atoms with Gasteiger partial charge in [-0.2, -0.15) is 0 Å². The predicted octanol–water partition coefficient (Wildman–Crippen LogP) is 3.63. The van der Waals surface area contributed by atoms with E-state index in [1.807, 2.05) is 6.92 Å². The van der Waals surface area contributed by atoms with Crippen LogP contribution < -0.4 is 10.6 Å². The van der Waals surface area contributed by atoms with Crippen molar-refractivity contribution in [3.05, 3.63) is 35.4 Å². The first-order valence-electron chi connectivity index (χ1n) is 10.1. The van der Waals surface area contributed by atoms with E-state index in [0.717, 1.165) is 19.1 Å². The van der Waals surface area contributed by atoms with Gasteiger partial charge in [-0.3, -0.25) is 0 Å². The van der Waals surface area contributed by atoms with Gasteiger partial charge in [-0.05, 0) is 37.8 Å². The summed E-state index contributed by atoms with van der Waals surface area (Å²) in [6.07, 6.45) is 6.51. The molecule has 5 nitrogen and oxygen atoms in total. The van der Waals surface area contributed by atoms with Gasteiger partial charge >= 0.3 is 0 Å². The molecule has 0 bridgehead atoms. The van der Waals surface area contributed by atoms with Crippen molar-refractivity contribution < 1.29 is 9.47 Å². The van der Waals surface area contributed by atoms with E-state index in [1.165, 1.54) is 43.2 Å². The van der Waals surface area contributed by atoms with E-state index in [2.05, 4.69) is 41.8 Å². The second kappa shape index (κ2) is 12.7. The van der Waals surface area contributed by atoms with Gasteiger partial charge in [0.15, 0.2) is 5.96 Å². The van der Waals surface area contributed by atoms with E-state index in [9.17, 15) is 0 Å². The molecule has 0 heterocycles. The molecular formula is C21H35N3O2. The van der Waals surface area contributed by atoms with Gasteiger partial charge in [0.05, 0.1) is 26.4 Å². The van der Waals surface area contributed by atoms with Crippen molar-refractivity contribution in [1.82, 2.24) is 10.6 Å². The highest BCUT2D eigenvalue weighted by atomic mass is 16.5. The number of ether oxygens (including phenoxy) is 2. The quantitative estimate of drug-likeness (QED) is 0.380. The lowest BCUT2D eigenvalue weighted by Gasteiger charge is -2.24. The lowest BCUT2D eigenvalue weighted by atomic mass is 9.96. The lowest BCUT2D eigenvalue weighted by molar-refractivity contribution is 0.0453. The molecule has 0 spiro atoms. The SMILES string of the molecule is CCNC(=NCc1cccc(COCCOCC)c1)NC1CCCCC1. The fourth-order valence-corrected chi connectivity index (χ4v) is 3.20. The van der Waals surface area contributed by atoms with Crippen LogP contribution in [0.15, 0.2) is 29.3 Å². The van der Waals surface area contributed by atoms with Gasteiger partial charge in [0, 0.05) is 19.2 Å². The molecule has 1 fully saturated rings. The van der Waals surface area contributed by atoms with Crippen molar-refractivity contribution in [2.24, 2.45) is 4.99 Å². The Morgan fingerprint density at radius 1 is 1.08 bits per heavy atom. The number of rotatable bonds is 10. The molecule has 0 saturated heterocycles. The van der Waals surface area contributed by atoms with E-state index < -0.39 is 0 Å². The van der Waals surface area contributed by atoms with Crippen LogP contribution in [0.3, 0.4) is 0 Å². The Balaban J connectivity index is 1.84. The van der Waals surface area contributed by atoms with E-state index in [-0.39, 0.29) is 0 Å². The van der Waals surface area contributed by atoms with Crippen molar-refractivity contribution in [2.75, 3.05) is 26.4 Å². The molecule has 0 unspecified atom stereocenters. The average Bonchev–Trinajstić information content (AvgIpc) is 2.67. The average molecular weight is 362 g/mol.